The lowest BCUT2D eigenvalue weighted by molar-refractivity contribution is 1.72. The average molecular weight is 401 g/mol. The maximum atomic E-state index is 5.90. The zero-order valence-corrected chi connectivity index (χ0v) is 11.1. The molecule has 1 heterocycles. The number of rotatable bonds is 0. The lowest BCUT2D eigenvalue weighted by atomic mass is 10.2. The zero-order valence-electron chi connectivity index (χ0n) is 5.97. The monoisotopic (exact) mass is 401 g/mol. The van der Waals surface area contributed by atoms with Crippen LogP contribution in [0.15, 0.2) is 17.5 Å². The molecule has 0 saturated carbocycles. The third-order valence-corrected chi connectivity index (χ3v) is 4.45. The summed E-state index contributed by atoms with van der Waals surface area (Å²) in [4.78, 5) is 0. The molecule has 0 saturated heterocycles. The highest BCUT2D eigenvalue weighted by atomic mass is 127. The molecule has 2 rings (SSSR count). The molecule has 0 radical (unpaired) electrons. The van der Waals surface area contributed by atoms with Crippen molar-refractivity contribution < 1.29 is 0 Å². The first-order valence-corrected chi connectivity index (χ1v) is 6.34. The van der Waals surface area contributed by atoms with Crippen LogP contribution in [0.5, 0.6) is 0 Å². The van der Waals surface area contributed by atoms with Gasteiger partial charge in [0.2, 0.25) is 0 Å². The van der Waals surface area contributed by atoms with Gasteiger partial charge >= 0.3 is 0 Å². The summed E-state index contributed by atoms with van der Waals surface area (Å²) >= 11 is 6.36. The molecule has 0 bridgehead atoms. The van der Waals surface area contributed by atoms with Gasteiger partial charge in [-0.05, 0) is 57.3 Å². The van der Waals surface area contributed by atoms with Gasteiger partial charge in [0.05, 0.1) is 0 Å². The van der Waals surface area contributed by atoms with Crippen molar-refractivity contribution in [2.75, 3.05) is 5.73 Å². The van der Waals surface area contributed by atoms with E-state index in [4.69, 9.17) is 5.73 Å². The Morgan fingerprint density at radius 3 is 2.75 bits per heavy atom. The van der Waals surface area contributed by atoms with Crippen molar-refractivity contribution in [3.05, 3.63) is 24.7 Å². The molecular formula is C8H5I2NS. The Bertz CT molecular complexity index is 436. The van der Waals surface area contributed by atoms with Crippen LogP contribution in [-0.4, -0.2) is 0 Å². The molecule has 0 spiro atoms. The van der Waals surface area contributed by atoms with E-state index < -0.39 is 0 Å². The number of nitrogens with two attached hydrogens (primary N) is 1. The fraction of sp³-hybridized carbons (Fsp3) is 0. The molecular weight excluding hydrogens is 396 g/mol. The van der Waals surface area contributed by atoms with Crippen LogP contribution >= 0.6 is 56.5 Å². The lowest BCUT2D eigenvalue weighted by Gasteiger charge is -1.98. The van der Waals surface area contributed by atoms with Gasteiger partial charge in [-0.1, -0.05) is 0 Å². The molecule has 62 valence electrons. The van der Waals surface area contributed by atoms with Crippen molar-refractivity contribution in [2.45, 2.75) is 0 Å². The maximum absolute atomic E-state index is 5.90. The van der Waals surface area contributed by atoms with E-state index in [-0.39, 0.29) is 0 Å². The Morgan fingerprint density at radius 2 is 2.00 bits per heavy atom. The van der Waals surface area contributed by atoms with E-state index in [1.54, 1.807) is 11.3 Å². The third kappa shape index (κ3) is 1.44. The van der Waals surface area contributed by atoms with Crippen LogP contribution < -0.4 is 5.73 Å². The van der Waals surface area contributed by atoms with Crippen LogP contribution in [-0.2, 0) is 0 Å². The molecule has 1 aromatic heterocycles. The zero-order chi connectivity index (χ0) is 8.72. The molecule has 0 atom stereocenters. The Labute approximate surface area is 102 Å². The lowest BCUT2D eigenvalue weighted by Crippen LogP contribution is -1.86. The normalized spacial score (nSPS) is 10.8. The SMILES string of the molecule is Nc1cc(I)cc2scc(I)c12. The Kier molecular flexibility index (Phi) is 2.48. The predicted molar refractivity (Wildman–Crippen MR) is 71.7 cm³/mol. The summed E-state index contributed by atoms with van der Waals surface area (Å²) in [6, 6.07) is 4.18. The fourth-order valence-corrected chi connectivity index (χ4v) is 4.04. The Hall–Kier alpha value is 0.440. The highest BCUT2D eigenvalue weighted by Gasteiger charge is 2.05. The van der Waals surface area contributed by atoms with Crippen LogP contribution in [0.3, 0.4) is 0 Å². The number of nitrogen functional groups attached to an aromatic ring is 1. The van der Waals surface area contributed by atoms with Crippen molar-refractivity contribution >= 4 is 72.3 Å². The van der Waals surface area contributed by atoms with E-state index in [0.717, 1.165) is 5.69 Å². The van der Waals surface area contributed by atoms with Gasteiger partial charge in [0.1, 0.15) is 0 Å². The van der Waals surface area contributed by atoms with E-state index in [1.807, 2.05) is 6.07 Å². The molecule has 0 aliphatic carbocycles. The number of anilines is 1. The highest BCUT2D eigenvalue weighted by Crippen LogP contribution is 2.33. The summed E-state index contributed by atoms with van der Waals surface area (Å²) in [6.45, 7) is 0. The first kappa shape index (κ1) is 9.01. The quantitative estimate of drug-likeness (QED) is 0.529. The van der Waals surface area contributed by atoms with E-state index >= 15 is 0 Å². The Morgan fingerprint density at radius 1 is 1.25 bits per heavy atom. The second-order valence-electron chi connectivity index (χ2n) is 2.45. The number of hydrogen-bond donors (Lipinski definition) is 1. The van der Waals surface area contributed by atoms with Gasteiger partial charge in [-0.25, -0.2) is 0 Å². The van der Waals surface area contributed by atoms with Crippen LogP contribution in [0, 0.1) is 7.14 Å². The van der Waals surface area contributed by atoms with Gasteiger partial charge in [-0.2, -0.15) is 0 Å². The van der Waals surface area contributed by atoms with E-state index in [0.29, 0.717) is 0 Å². The minimum absolute atomic E-state index is 0.891. The molecule has 0 fully saturated rings. The van der Waals surface area contributed by atoms with Gasteiger partial charge in [0.25, 0.3) is 0 Å². The van der Waals surface area contributed by atoms with Gasteiger partial charge in [0, 0.05) is 28.3 Å². The Balaban J connectivity index is 2.93. The molecule has 0 unspecified atom stereocenters. The molecule has 0 aliphatic heterocycles. The fourth-order valence-electron chi connectivity index (χ4n) is 1.12. The molecule has 1 aromatic carbocycles. The van der Waals surface area contributed by atoms with Crippen LogP contribution in [0.1, 0.15) is 0 Å². The average Bonchev–Trinajstić information content (AvgIpc) is 2.31. The summed E-state index contributed by atoms with van der Waals surface area (Å²) in [7, 11) is 0. The van der Waals surface area contributed by atoms with Crippen molar-refractivity contribution in [3.8, 4) is 0 Å². The van der Waals surface area contributed by atoms with Crippen LogP contribution in [0.25, 0.3) is 10.1 Å². The number of benzene rings is 1. The summed E-state index contributed by atoms with van der Waals surface area (Å²) in [5.41, 5.74) is 6.79. The second-order valence-corrected chi connectivity index (χ2v) is 5.77. The smallest absolute Gasteiger partial charge is 0.0423 e. The summed E-state index contributed by atoms with van der Waals surface area (Å²) in [6.07, 6.45) is 0. The molecule has 0 aliphatic rings. The molecule has 2 aromatic rings. The number of halogens is 2. The first-order chi connectivity index (χ1) is 5.68. The first-order valence-electron chi connectivity index (χ1n) is 3.30. The largest absolute Gasteiger partial charge is 0.398 e. The molecule has 12 heavy (non-hydrogen) atoms. The number of thiophene rings is 1. The minimum atomic E-state index is 0.891. The number of fused-ring (bicyclic) bond motifs is 1. The summed E-state index contributed by atoms with van der Waals surface area (Å²) < 4.78 is 3.74. The van der Waals surface area contributed by atoms with E-state index in [9.17, 15) is 0 Å². The van der Waals surface area contributed by atoms with Gasteiger partial charge in [0.15, 0.2) is 0 Å². The van der Waals surface area contributed by atoms with Crippen molar-refractivity contribution in [2.24, 2.45) is 0 Å². The molecule has 1 nitrogen and oxygen atoms in total. The summed E-state index contributed by atoms with van der Waals surface area (Å²) in [5, 5.41) is 3.35. The minimum Gasteiger partial charge on any atom is -0.398 e. The maximum Gasteiger partial charge on any atom is 0.0423 e. The van der Waals surface area contributed by atoms with Gasteiger partial charge in [-0.15, -0.1) is 11.3 Å². The van der Waals surface area contributed by atoms with Crippen molar-refractivity contribution in [3.63, 3.8) is 0 Å². The molecule has 4 heteroatoms. The predicted octanol–water partition coefficient (Wildman–Crippen LogP) is 3.69. The second kappa shape index (κ2) is 3.30. The van der Waals surface area contributed by atoms with E-state index in [2.05, 4.69) is 56.6 Å². The standard InChI is InChI=1S/C8H5I2NS/c9-4-1-6(11)8-5(10)3-12-7(8)2-4/h1-3H,11H2. The van der Waals surface area contributed by atoms with Gasteiger partial charge in [-0.3, -0.25) is 0 Å². The number of hydrogen-bond acceptors (Lipinski definition) is 2. The van der Waals surface area contributed by atoms with Crippen molar-refractivity contribution in [1.82, 2.24) is 0 Å². The van der Waals surface area contributed by atoms with Gasteiger partial charge < -0.3 is 5.73 Å². The highest BCUT2D eigenvalue weighted by molar-refractivity contribution is 14.1. The topological polar surface area (TPSA) is 26.0 Å². The third-order valence-electron chi connectivity index (χ3n) is 1.63. The van der Waals surface area contributed by atoms with Crippen LogP contribution in [0.2, 0.25) is 0 Å². The van der Waals surface area contributed by atoms with E-state index in [1.165, 1.54) is 17.2 Å². The summed E-state index contributed by atoms with van der Waals surface area (Å²) in [5.74, 6) is 0. The molecule has 0 amide bonds. The van der Waals surface area contributed by atoms with Crippen LogP contribution in [0.4, 0.5) is 5.69 Å². The molecule has 2 N–H and O–H groups in total. The van der Waals surface area contributed by atoms with Crippen molar-refractivity contribution in [1.29, 1.82) is 0 Å².